The second-order valence-electron chi connectivity index (χ2n) is 7.70. The number of fused-ring (bicyclic) bond motifs is 1. The minimum Gasteiger partial charge on any atom is -0.382 e. The van der Waals surface area contributed by atoms with E-state index in [0.29, 0.717) is 35.6 Å². The van der Waals surface area contributed by atoms with E-state index in [1.54, 1.807) is 34.2 Å². The maximum atomic E-state index is 13.2. The van der Waals surface area contributed by atoms with Crippen molar-refractivity contribution in [1.29, 1.82) is 5.26 Å². The third-order valence-corrected chi connectivity index (χ3v) is 5.53. The van der Waals surface area contributed by atoms with Crippen molar-refractivity contribution in [2.75, 3.05) is 23.7 Å². The highest BCUT2D eigenvalue weighted by atomic mass is 16.2. The first-order valence-electron chi connectivity index (χ1n) is 9.48. The maximum absolute atomic E-state index is 13.2. The zero-order valence-electron chi connectivity index (χ0n) is 17.0. The number of benzene rings is 1. The van der Waals surface area contributed by atoms with Gasteiger partial charge in [-0.05, 0) is 32.0 Å². The lowest BCUT2D eigenvalue weighted by atomic mass is 9.96. The number of anilines is 2. The maximum Gasteiger partial charge on any atom is 0.252 e. The number of nitrogens with zero attached hydrogens (tertiary/aromatic N) is 6. The van der Waals surface area contributed by atoms with E-state index in [0.717, 1.165) is 5.56 Å². The Hall–Kier alpha value is -3.93. The molecule has 0 saturated carbocycles. The summed E-state index contributed by atoms with van der Waals surface area (Å²) in [4.78, 5) is 32.3. The fraction of sp³-hybridized carbons (Fsp3) is 0.286. The lowest BCUT2D eigenvalue weighted by molar-refractivity contribution is -0.145. The molecule has 152 valence electrons. The van der Waals surface area contributed by atoms with Gasteiger partial charge < -0.3 is 15.5 Å². The number of rotatable bonds is 2. The SMILES string of the molecule is CC(=O)N1CCN(c2cccc(-c3cc(C#N)c4c(N)ncnn34)c2)C(=O)C1(C)C. The van der Waals surface area contributed by atoms with Crippen LogP contribution in [0.25, 0.3) is 16.8 Å². The van der Waals surface area contributed by atoms with Crippen LogP contribution in [-0.4, -0.2) is 49.9 Å². The summed E-state index contributed by atoms with van der Waals surface area (Å²) in [5, 5.41) is 13.7. The van der Waals surface area contributed by atoms with Crippen LogP contribution in [-0.2, 0) is 9.59 Å². The standard InChI is InChI=1S/C21H21N7O2/c1-13(29)27-8-7-26(20(30)21(27,2)3)16-6-4-5-14(9-16)17-10-15(11-22)18-19(23)24-12-25-28(17)18/h4-6,9-10,12H,7-8H2,1-3H3,(H2,23,24,25). The van der Waals surface area contributed by atoms with Gasteiger partial charge in [-0.25, -0.2) is 9.50 Å². The number of aromatic nitrogens is 3. The van der Waals surface area contributed by atoms with Crippen LogP contribution >= 0.6 is 0 Å². The van der Waals surface area contributed by atoms with Gasteiger partial charge in [0, 0.05) is 31.3 Å². The summed E-state index contributed by atoms with van der Waals surface area (Å²) in [5.74, 6) is -0.0469. The first-order valence-corrected chi connectivity index (χ1v) is 9.48. The van der Waals surface area contributed by atoms with Crippen molar-refractivity contribution in [3.8, 4) is 17.3 Å². The Morgan fingerprint density at radius 2 is 2.03 bits per heavy atom. The minimum absolute atomic E-state index is 0.122. The highest BCUT2D eigenvalue weighted by Gasteiger charge is 2.43. The van der Waals surface area contributed by atoms with Crippen molar-refractivity contribution in [3.63, 3.8) is 0 Å². The molecule has 0 aliphatic carbocycles. The van der Waals surface area contributed by atoms with Crippen LogP contribution in [0.5, 0.6) is 0 Å². The average molecular weight is 403 g/mol. The summed E-state index contributed by atoms with van der Waals surface area (Å²) in [6.45, 7) is 5.84. The Labute approximate surface area is 173 Å². The van der Waals surface area contributed by atoms with Gasteiger partial charge in [-0.3, -0.25) is 9.59 Å². The first kappa shape index (κ1) is 19.4. The number of carbonyl (C=O) groups excluding carboxylic acids is 2. The summed E-state index contributed by atoms with van der Waals surface area (Å²) in [7, 11) is 0. The molecular weight excluding hydrogens is 382 g/mol. The van der Waals surface area contributed by atoms with E-state index in [9.17, 15) is 14.9 Å². The molecule has 2 amide bonds. The Morgan fingerprint density at radius 1 is 1.27 bits per heavy atom. The number of hydrogen-bond donors (Lipinski definition) is 1. The van der Waals surface area contributed by atoms with Gasteiger partial charge in [0.1, 0.15) is 23.5 Å². The lowest BCUT2D eigenvalue weighted by Crippen LogP contribution is -2.64. The van der Waals surface area contributed by atoms with Crippen LogP contribution in [0, 0.1) is 11.3 Å². The molecule has 1 aromatic carbocycles. The van der Waals surface area contributed by atoms with Gasteiger partial charge >= 0.3 is 0 Å². The molecule has 2 aromatic heterocycles. The van der Waals surface area contributed by atoms with Gasteiger partial charge in [0.15, 0.2) is 5.82 Å². The zero-order chi connectivity index (χ0) is 21.6. The molecule has 0 unspecified atom stereocenters. The second-order valence-corrected chi connectivity index (χ2v) is 7.70. The van der Waals surface area contributed by atoms with Crippen LogP contribution in [0.2, 0.25) is 0 Å². The molecule has 1 saturated heterocycles. The number of piperazine rings is 1. The third kappa shape index (κ3) is 2.85. The molecule has 9 heteroatoms. The topological polar surface area (TPSA) is 121 Å². The molecule has 0 bridgehead atoms. The van der Waals surface area contributed by atoms with Crippen molar-refractivity contribution in [2.45, 2.75) is 26.3 Å². The van der Waals surface area contributed by atoms with E-state index in [1.807, 2.05) is 24.3 Å². The fourth-order valence-corrected chi connectivity index (χ4v) is 4.02. The van der Waals surface area contributed by atoms with E-state index in [4.69, 9.17) is 5.73 Å². The van der Waals surface area contributed by atoms with Gasteiger partial charge in [0.05, 0.1) is 11.3 Å². The number of hydrogen-bond acceptors (Lipinski definition) is 6. The summed E-state index contributed by atoms with van der Waals surface area (Å²) < 4.78 is 1.58. The summed E-state index contributed by atoms with van der Waals surface area (Å²) in [5.41, 5.74) is 8.01. The Kier molecular flexibility index (Phi) is 4.42. The van der Waals surface area contributed by atoms with E-state index in [1.165, 1.54) is 13.3 Å². The van der Waals surface area contributed by atoms with Crippen molar-refractivity contribution in [3.05, 3.63) is 42.2 Å². The van der Waals surface area contributed by atoms with Crippen molar-refractivity contribution >= 4 is 28.8 Å². The third-order valence-electron chi connectivity index (χ3n) is 5.53. The molecule has 3 heterocycles. The smallest absolute Gasteiger partial charge is 0.252 e. The molecule has 0 spiro atoms. The van der Waals surface area contributed by atoms with Gasteiger partial charge in [-0.15, -0.1) is 0 Å². The summed E-state index contributed by atoms with van der Waals surface area (Å²) >= 11 is 0. The normalized spacial score (nSPS) is 16.0. The fourth-order valence-electron chi connectivity index (χ4n) is 4.02. The van der Waals surface area contributed by atoms with Gasteiger partial charge in [-0.1, -0.05) is 12.1 Å². The van der Waals surface area contributed by atoms with Gasteiger partial charge in [-0.2, -0.15) is 10.4 Å². The number of carbonyl (C=O) groups is 2. The van der Waals surface area contributed by atoms with Crippen LogP contribution in [0.1, 0.15) is 26.3 Å². The van der Waals surface area contributed by atoms with Crippen molar-refractivity contribution in [1.82, 2.24) is 19.5 Å². The molecule has 30 heavy (non-hydrogen) atoms. The minimum atomic E-state index is -0.933. The van der Waals surface area contributed by atoms with E-state index in [-0.39, 0.29) is 17.6 Å². The Bertz CT molecular complexity index is 1220. The molecule has 3 aromatic rings. The molecule has 1 aliphatic heterocycles. The largest absolute Gasteiger partial charge is 0.382 e. The molecule has 9 nitrogen and oxygen atoms in total. The number of nitriles is 1. The molecule has 4 rings (SSSR count). The monoisotopic (exact) mass is 403 g/mol. The second kappa shape index (κ2) is 6.84. The predicted molar refractivity (Wildman–Crippen MR) is 111 cm³/mol. The molecule has 1 aliphatic rings. The highest BCUT2D eigenvalue weighted by molar-refractivity contribution is 6.03. The molecule has 0 radical (unpaired) electrons. The van der Waals surface area contributed by atoms with Crippen molar-refractivity contribution < 1.29 is 9.59 Å². The van der Waals surface area contributed by atoms with E-state index >= 15 is 0 Å². The van der Waals surface area contributed by atoms with Crippen LogP contribution in [0.15, 0.2) is 36.7 Å². The number of amides is 2. The predicted octanol–water partition coefficient (Wildman–Crippen LogP) is 1.82. The summed E-state index contributed by atoms with van der Waals surface area (Å²) in [6, 6.07) is 11.3. The van der Waals surface area contributed by atoms with Gasteiger partial charge in [0.2, 0.25) is 5.91 Å². The molecule has 2 N–H and O–H groups in total. The first-order chi connectivity index (χ1) is 14.3. The quantitative estimate of drug-likeness (QED) is 0.697. The average Bonchev–Trinajstić information content (AvgIpc) is 3.10. The Morgan fingerprint density at radius 3 is 2.73 bits per heavy atom. The number of nitrogens with two attached hydrogens (primary N) is 1. The van der Waals surface area contributed by atoms with Crippen LogP contribution in [0.4, 0.5) is 11.5 Å². The highest BCUT2D eigenvalue weighted by Crippen LogP contribution is 2.32. The lowest BCUT2D eigenvalue weighted by Gasteiger charge is -2.45. The molecule has 1 fully saturated rings. The Balaban J connectivity index is 1.78. The zero-order valence-corrected chi connectivity index (χ0v) is 17.0. The number of nitrogen functional groups attached to an aromatic ring is 1. The molecule has 0 atom stereocenters. The molecular formula is C21H21N7O2. The van der Waals surface area contributed by atoms with Crippen LogP contribution < -0.4 is 10.6 Å². The van der Waals surface area contributed by atoms with Gasteiger partial charge in [0.25, 0.3) is 5.91 Å². The van der Waals surface area contributed by atoms with Crippen molar-refractivity contribution in [2.24, 2.45) is 0 Å². The summed E-state index contributed by atoms with van der Waals surface area (Å²) in [6.07, 6.45) is 1.34. The van der Waals surface area contributed by atoms with Crippen LogP contribution in [0.3, 0.4) is 0 Å². The van der Waals surface area contributed by atoms with E-state index < -0.39 is 5.54 Å². The van der Waals surface area contributed by atoms with E-state index in [2.05, 4.69) is 16.2 Å².